The van der Waals surface area contributed by atoms with Gasteiger partial charge >= 0.3 is 12.1 Å². The van der Waals surface area contributed by atoms with Crippen LogP contribution in [0.25, 0.3) is 0 Å². The van der Waals surface area contributed by atoms with E-state index in [9.17, 15) is 9.59 Å². The van der Waals surface area contributed by atoms with Gasteiger partial charge in [0.15, 0.2) is 0 Å². The molecule has 0 saturated carbocycles. The maximum Gasteiger partial charge on any atom is 0.408 e. The van der Waals surface area contributed by atoms with Crippen LogP contribution >= 0.6 is 11.8 Å². The molecule has 0 fully saturated rings. The number of carboxylic acids is 1. The number of hydrogen-bond donors (Lipinski definition) is 2. The molecule has 0 aliphatic rings. The number of hydrogen-bond acceptors (Lipinski definition) is 6. The zero-order chi connectivity index (χ0) is 17.0. The number of nitrogens with one attached hydrogen (secondary N) is 1. The predicted molar refractivity (Wildman–Crippen MR) is 85.4 cm³/mol. The van der Waals surface area contributed by atoms with Gasteiger partial charge in [-0.2, -0.15) is 11.8 Å². The van der Waals surface area contributed by atoms with E-state index in [1.807, 2.05) is 0 Å². The monoisotopic (exact) mass is 337 g/mol. The van der Waals surface area contributed by atoms with E-state index in [4.69, 9.17) is 19.3 Å². The van der Waals surface area contributed by atoms with Crippen LogP contribution in [0.15, 0.2) is 0 Å². The number of amides is 1. The Morgan fingerprint density at radius 2 is 1.91 bits per heavy atom. The number of carbonyl (C=O) groups excluding carboxylic acids is 1. The first-order valence-electron chi connectivity index (χ1n) is 7.13. The molecule has 0 bridgehead atoms. The summed E-state index contributed by atoms with van der Waals surface area (Å²) in [4.78, 5) is 22.7. The summed E-state index contributed by atoms with van der Waals surface area (Å²) < 4.78 is 15.3. The topological polar surface area (TPSA) is 94.1 Å². The minimum Gasteiger partial charge on any atom is -0.480 e. The molecule has 0 aromatic carbocycles. The minimum absolute atomic E-state index is 0.260. The number of ether oxygens (including phenoxy) is 3. The number of methoxy groups -OCH3 is 1. The van der Waals surface area contributed by atoms with Crippen molar-refractivity contribution in [2.45, 2.75) is 38.8 Å². The van der Waals surface area contributed by atoms with Gasteiger partial charge in [-0.3, -0.25) is 0 Å². The van der Waals surface area contributed by atoms with Crippen molar-refractivity contribution >= 4 is 23.8 Å². The van der Waals surface area contributed by atoms with Crippen molar-refractivity contribution in [3.05, 3.63) is 0 Å². The molecule has 0 aromatic heterocycles. The van der Waals surface area contributed by atoms with Gasteiger partial charge in [-0.15, -0.1) is 0 Å². The Hall–Kier alpha value is -0.990. The lowest BCUT2D eigenvalue weighted by Crippen LogP contribution is -2.45. The molecular formula is C14H27NO6S. The van der Waals surface area contributed by atoms with Gasteiger partial charge in [0, 0.05) is 31.8 Å². The predicted octanol–water partition coefficient (Wildman–Crippen LogP) is 1.75. The van der Waals surface area contributed by atoms with E-state index in [1.165, 1.54) is 11.8 Å². The Labute approximate surface area is 136 Å². The van der Waals surface area contributed by atoms with Crippen LogP contribution < -0.4 is 5.32 Å². The van der Waals surface area contributed by atoms with E-state index in [0.717, 1.165) is 6.42 Å². The molecule has 2 N–H and O–H groups in total. The lowest BCUT2D eigenvalue weighted by Gasteiger charge is -2.21. The second kappa shape index (κ2) is 11.6. The summed E-state index contributed by atoms with van der Waals surface area (Å²) in [5.74, 6) is -0.165. The molecule has 0 radical (unpaired) electrons. The van der Waals surface area contributed by atoms with Gasteiger partial charge < -0.3 is 24.6 Å². The van der Waals surface area contributed by atoms with E-state index in [-0.39, 0.29) is 5.75 Å². The minimum atomic E-state index is -1.08. The van der Waals surface area contributed by atoms with Gasteiger partial charge in [-0.05, 0) is 27.2 Å². The lowest BCUT2D eigenvalue weighted by atomic mass is 10.2. The maximum atomic E-state index is 11.6. The summed E-state index contributed by atoms with van der Waals surface area (Å²) in [5, 5.41) is 11.4. The highest BCUT2D eigenvalue weighted by Crippen LogP contribution is 2.08. The molecule has 7 nitrogen and oxygen atoms in total. The number of alkyl carbamates (subject to hydrolysis) is 1. The Bertz CT molecular complexity index is 332. The van der Waals surface area contributed by atoms with E-state index >= 15 is 0 Å². The van der Waals surface area contributed by atoms with E-state index in [2.05, 4.69) is 5.32 Å². The molecule has 1 unspecified atom stereocenters. The third kappa shape index (κ3) is 12.7. The van der Waals surface area contributed by atoms with Crippen molar-refractivity contribution in [1.82, 2.24) is 5.32 Å². The molecule has 22 heavy (non-hydrogen) atoms. The molecule has 0 aliphatic carbocycles. The summed E-state index contributed by atoms with van der Waals surface area (Å²) in [6.07, 6.45) is 0.107. The molecule has 130 valence electrons. The molecule has 1 atom stereocenters. The molecule has 1 amide bonds. The first-order valence-corrected chi connectivity index (χ1v) is 8.28. The Morgan fingerprint density at radius 3 is 2.45 bits per heavy atom. The molecule has 0 saturated heterocycles. The average Bonchev–Trinajstić information content (AvgIpc) is 2.38. The summed E-state index contributed by atoms with van der Waals surface area (Å²) in [6, 6.07) is -0.978. The largest absolute Gasteiger partial charge is 0.480 e. The van der Waals surface area contributed by atoms with Gasteiger partial charge in [0.05, 0.1) is 6.61 Å². The van der Waals surface area contributed by atoms with Crippen molar-refractivity contribution in [1.29, 1.82) is 0 Å². The zero-order valence-corrected chi connectivity index (χ0v) is 14.5. The highest BCUT2D eigenvalue weighted by Gasteiger charge is 2.23. The van der Waals surface area contributed by atoms with Crippen LogP contribution in [0.5, 0.6) is 0 Å². The van der Waals surface area contributed by atoms with Crippen molar-refractivity contribution in [2.24, 2.45) is 0 Å². The van der Waals surface area contributed by atoms with Crippen LogP contribution in [0, 0.1) is 0 Å². The smallest absolute Gasteiger partial charge is 0.408 e. The normalized spacial score (nSPS) is 12.7. The van der Waals surface area contributed by atoms with Crippen molar-refractivity contribution < 1.29 is 28.9 Å². The number of rotatable bonds is 11. The SMILES string of the molecule is COCCCOCCSCC(NC(=O)OC(C)(C)C)C(=O)O. The fourth-order valence-electron chi connectivity index (χ4n) is 1.35. The molecule has 0 heterocycles. The van der Waals surface area contributed by atoms with Crippen molar-refractivity contribution in [3.63, 3.8) is 0 Å². The van der Waals surface area contributed by atoms with Gasteiger partial charge in [0.1, 0.15) is 11.6 Å². The van der Waals surface area contributed by atoms with Crippen LogP contribution in [-0.4, -0.2) is 67.2 Å². The number of aliphatic carboxylic acids is 1. The number of carbonyl (C=O) groups is 2. The maximum absolute atomic E-state index is 11.6. The van der Waals surface area contributed by atoms with Gasteiger partial charge in [0.2, 0.25) is 0 Å². The summed E-state index contributed by atoms with van der Waals surface area (Å²) in [7, 11) is 1.64. The summed E-state index contributed by atoms with van der Waals surface area (Å²) in [5.41, 5.74) is -0.656. The van der Waals surface area contributed by atoms with Gasteiger partial charge in [-0.25, -0.2) is 9.59 Å². The Kier molecular flexibility index (Phi) is 11.0. The highest BCUT2D eigenvalue weighted by atomic mass is 32.2. The molecule has 0 aromatic rings. The van der Waals surface area contributed by atoms with E-state index in [1.54, 1.807) is 27.9 Å². The molecular weight excluding hydrogens is 310 g/mol. The Morgan fingerprint density at radius 1 is 1.23 bits per heavy atom. The molecule has 0 aliphatic heterocycles. The zero-order valence-electron chi connectivity index (χ0n) is 13.7. The van der Waals surface area contributed by atoms with Crippen LogP contribution in [0.3, 0.4) is 0 Å². The number of carboxylic acid groups (broad SMARTS) is 1. The first kappa shape index (κ1) is 21.0. The van der Waals surface area contributed by atoms with Gasteiger partial charge in [-0.1, -0.05) is 0 Å². The fraction of sp³-hybridized carbons (Fsp3) is 0.857. The van der Waals surface area contributed by atoms with Crippen molar-refractivity contribution in [3.8, 4) is 0 Å². The second-order valence-electron chi connectivity index (χ2n) is 5.57. The standard InChI is InChI=1S/C14H27NO6S/c1-14(2,3)21-13(18)15-11(12(16)17)10-22-9-8-20-7-5-6-19-4/h11H,5-10H2,1-4H3,(H,15,18)(H,16,17). The quantitative estimate of drug-likeness (QED) is 0.555. The van der Waals surface area contributed by atoms with Crippen LogP contribution in [0.2, 0.25) is 0 Å². The molecule has 0 rings (SSSR count). The van der Waals surface area contributed by atoms with Crippen LogP contribution in [0.1, 0.15) is 27.2 Å². The summed E-state index contributed by atoms with van der Waals surface area (Å²) >= 11 is 1.41. The highest BCUT2D eigenvalue weighted by molar-refractivity contribution is 7.99. The van der Waals surface area contributed by atoms with Crippen molar-refractivity contribution in [2.75, 3.05) is 38.4 Å². The van der Waals surface area contributed by atoms with Crippen LogP contribution in [-0.2, 0) is 19.0 Å². The average molecular weight is 337 g/mol. The third-order valence-corrected chi connectivity index (χ3v) is 3.31. The second-order valence-corrected chi connectivity index (χ2v) is 6.72. The fourth-order valence-corrected chi connectivity index (χ4v) is 2.21. The third-order valence-electron chi connectivity index (χ3n) is 2.28. The molecule has 8 heteroatoms. The van der Waals surface area contributed by atoms with E-state index in [0.29, 0.717) is 25.6 Å². The molecule has 0 spiro atoms. The Balaban J connectivity index is 3.87. The van der Waals surface area contributed by atoms with Gasteiger partial charge in [0.25, 0.3) is 0 Å². The van der Waals surface area contributed by atoms with Crippen LogP contribution in [0.4, 0.5) is 4.79 Å². The van der Waals surface area contributed by atoms with E-state index < -0.39 is 23.7 Å². The first-order chi connectivity index (χ1) is 10.3. The number of thioether (sulfide) groups is 1. The summed E-state index contributed by atoms with van der Waals surface area (Å²) in [6.45, 7) is 6.97. The lowest BCUT2D eigenvalue weighted by molar-refractivity contribution is -0.138.